The Hall–Kier alpha value is -3.55. The molecule has 0 atom stereocenters. The first kappa shape index (κ1) is 27.0. The van der Waals surface area contributed by atoms with Gasteiger partial charge in [0.25, 0.3) is 5.91 Å². The van der Waals surface area contributed by atoms with Crippen molar-refractivity contribution in [3.8, 4) is 5.75 Å². The number of aromatic nitrogens is 1. The van der Waals surface area contributed by atoms with Crippen molar-refractivity contribution in [1.82, 2.24) is 9.99 Å². The van der Waals surface area contributed by atoms with Gasteiger partial charge in [0, 0.05) is 37.0 Å². The van der Waals surface area contributed by atoms with E-state index in [2.05, 4.69) is 10.5 Å². The van der Waals surface area contributed by atoms with Gasteiger partial charge in [-0.15, -0.1) is 0 Å². The van der Waals surface area contributed by atoms with Crippen LogP contribution in [0.5, 0.6) is 5.75 Å². The van der Waals surface area contributed by atoms with E-state index in [0.29, 0.717) is 53.8 Å². The van der Waals surface area contributed by atoms with Crippen molar-refractivity contribution in [2.75, 3.05) is 0 Å². The molecule has 0 saturated carbocycles. The molecule has 0 saturated heterocycles. The second-order valence-corrected chi connectivity index (χ2v) is 10.3. The van der Waals surface area contributed by atoms with Gasteiger partial charge in [-0.05, 0) is 48.5 Å². The summed E-state index contributed by atoms with van der Waals surface area (Å²) in [5, 5.41) is 6.78. The Morgan fingerprint density at radius 3 is 2.15 bits per heavy atom. The highest BCUT2D eigenvalue weighted by Crippen LogP contribution is 2.33. The molecule has 6 nitrogen and oxygen atoms in total. The minimum Gasteiger partial charge on any atom is -0.487 e. The highest BCUT2D eigenvalue weighted by Gasteiger charge is 2.14. The summed E-state index contributed by atoms with van der Waals surface area (Å²) in [6.45, 7) is 0.0599. The Bertz CT molecular complexity index is 1760. The van der Waals surface area contributed by atoms with E-state index in [4.69, 9.17) is 51.1 Å². The second-order valence-electron chi connectivity index (χ2n) is 8.57. The summed E-state index contributed by atoms with van der Waals surface area (Å²) < 4.78 is 7.72. The van der Waals surface area contributed by atoms with E-state index >= 15 is 0 Å². The fourth-order valence-corrected chi connectivity index (χ4v) is 5.24. The summed E-state index contributed by atoms with van der Waals surface area (Å²) in [5.74, 6) is -0.0729. The highest BCUT2D eigenvalue weighted by atomic mass is 35.5. The number of carbonyl (C=O) groups excluding carboxylic acids is 1. The van der Waals surface area contributed by atoms with E-state index in [-0.39, 0.29) is 23.6 Å². The summed E-state index contributed by atoms with van der Waals surface area (Å²) in [4.78, 5) is 25.9. The zero-order valence-corrected chi connectivity index (χ0v) is 23.2. The molecule has 5 rings (SSSR count). The standard InChI is InChI=1S/C29H19Cl4N3O3/c30-19-10-9-17(23(32)12-19)16-39-29-18(11-20(31)13-24(29)33)14-34-35-27(37)15-36-25-7-3-1-5-21(25)28(38)22-6-2-4-8-26(22)36/h1-14H,15-16H2,(H,35,37)/b34-14-. The predicted molar refractivity (Wildman–Crippen MR) is 159 cm³/mol. The molecule has 4 aromatic carbocycles. The lowest BCUT2D eigenvalue weighted by molar-refractivity contribution is -0.121. The minimum atomic E-state index is -0.395. The molecular weight excluding hydrogens is 580 g/mol. The number of nitrogens with one attached hydrogen (secondary N) is 1. The quantitative estimate of drug-likeness (QED) is 0.120. The van der Waals surface area contributed by atoms with E-state index in [0.717, 1.165) is 0 Å². The molecule has 5 aromatic rings. The monoisotopic (exact) mass is 597 g/mol. The van der Waals surface area contributed by atoms with Gasteiger partial charge in [-0.3, -0.25) is 9.59 Å². The third-order valence-electron chi connectivity index (χ3n) is 6.00. The first-order chi connectivity index (χ1) is 18.8. The lowest BCUT2D eigenvalue weighted by Crippen LogP contribution is -2.25. The van der Waals surface area contributed by atoms with Gasteiger partial charge in [0.2, 0.25) is 0 Å². The van der Waals surface area contributed by atoms with Crippen LogP contribution in [0.4, 0.5) is 0 Å². The molecule has 1 N–H and O–H groups in total. The summed E-state index contributed by atoms with van der Waals surface area (Å²) in [6, 6.07) is 22.6. The third kappa shape index (κ3) is 5.89. The summed E-state index contributed by atoms with van der Waals surface area (Å²) >= 11 is 24.8. The number of rotatable bonds is 7. The number of pyridine rings is 1. The Balaban J connectivity index is 1.37. The molecule has 0 aliphatic rings. The van der Waals surface area contributed by atoms with E-state index in [1.807, 2.05) is 24.3 Å². The summed E-state index contributed by atoms with van der Waals surface area (Å²) in [7, 11) is 0. The van der Waals surface area contributed by atoms with E-state index in [1.165, 1.54) is 6.21 Å². The fraction of sp³-hybridized carbons (Fsp3) is 0.0690. The van der Waals surface area contributed by atoms with Crippen molar-refractivity contribution in [1.29, 1.82) is 0 Å². The van der Waals surface area contributed by atoms with Gasteiger partial charge in [0.1, 0.15) is 18.9 Å². The molecule has 1 amide bonds. The van der Waals surface area contributed by atoms with Gasteiger partial charge in [0.05, 0.1) is 22.3 Å². The Kier molecular flexibility index (Phi) is 8.10. The number of nitrogens with zero attached hydrogens (tertiary/aromatic N) is 2. The number of para-hydroxylation sites is 2. The van der Waals surface area contributed by atoms with Crippen molar-refractivity contribution in [2.24, 2.45) is 5.10 Å². The Labute approximate surface area is 243 Å². The van der Waals surface area contributed by atoms with Crippen LogP contribution in [0.2, 0.25) is 20.1 Å². The van der Waals surface area contributed by atoms with E-state index in [9.17, 15) is 9.59 Å². The van der Waals surface area contributed by atoms with Crippen LogP contribution in [0, 0.1) is 0 Å². The van der Waals surface area contributed by atoms with Gasteiger partial charge in [-0.25, -0.2) is 5.43 Å². The number of ether oxygens (including phenoxy) is 1. The van der Waals surface area contributed by atoms with E-state index < -0.39 is 5.91 Å². The molecule has 39 heavy (non-hydrogen) atoms. The molecule has 196 valence electrons. The average Bonchev–Trinajstić information content (AvgIpc) is 2.91. The molecule has 0 aliphatic heterocycles. The first-order valence-electron chi connectivity index (χ1n) is 11.7. The Morgan fingerprint density at radius 1 is 0.846 bits per heavy atom. The molecule has 0 aliphatic carbocycles. The van der Waals surface area contributed by atoms with Crippen LogP contribution >= 0.6 is 46.4 Å². The van der Waals surface area contributed by atoms with Crippen LogP contribution in [0.3, 0.4) is 0 Å². The smallest absolute Gasteiger partial charge is 0.260 e. The number of hydrogen-bond donors (Lipinski definition) is 1. The van der Waals surface area contributed by atoms with Gasteiger partial charge in [0.15, 0.2) is 5.43 Å². The van der Waals surface area contributed by atoms with Crippen molar-refractivity contribution in [3.05, 3.63) is 120 Å². The molecule has 0 spiro atoms. The van der Waals surface area contributed by atoms with Gasteiger partial charge < -0.3 is 9.30 Å². The first-order valence-corrected chi connectivity index (χ1v) is 13.2. The van der Waals surface area contributed by atoms with Gasteiger partial charge in [-0.2, -0.15) is 5.10 Å². The lowest BCUT2D eigenvalue weighted by Gasteiger charge is -2.14. The van der Waals surface area contributed by atoms with E-state index in [1.54, 1.807) is 59.2 Å². The lowest BCUT2D eigenvalue weighted by atomic mass is 10.1. The van der Waals surface area contributed by atoms with Crippen LogP contribution in [-0.4, -0.2) is 16.7 Å². The summed E-state index contributed by atoms with van der Waals surface area (Å²) in [5.41, 5.74) is 4.92. The largest absolute Gasteiger partial charge is 0.487 e. The number of amides is 1. The maximum absolute atomic E-state index is 12.9. The molecule has 10 heteroatoms. The molecule has 0 unspecified atom stereocenters. The molecule has 0 bridgehead atoms. The maximum atomic E-state index is 12.9. The number of carbonyl (C=O) groups is 1. The van der Waals surface area contributed by atoms with Crippen LogP contribution in [0.1, 0.15) is 11.1 Å². The highest BCUT2D eigenvalue weighted by molar-refractivity contribution is 6.36. The number of benzene rings is 4. The van der Waals surface area contributed by atoms with Gasteiger partial charge in [-0.1, -0.05) is 76.7 Å². The maximum Gasteiger partial charge on any atom is 0.260 e. The second kappa shape index (κ2) is 11.7. The molecule has 1 aromatic heterocycles. The number of hydrazone groups is 1. The topological polar surface area (TPSA) is 72.7 Å². The predicted octanol–water partition coefficient (Wildman–Crippen LogP) is 7.50. The number of hydrogen-bond acceptors (Lipinski definition) is 4. The van der Waals surface area contributed by atoms with Gasteiger partial charge >= 0.3 is 0 Å². The zero-order valence-electron chi connectivity index (χ0n) is 20.1. The zero-order chi connectivity index (χ0) is 27.5. The van der Waals surface area contributed by atoms with Crippen LogP contribution in [-0.2, 0) is 17.9 Å². The van der Waals surface area contributed by atoms with Crippen LogP contribution in [0.15, 0.2) is 88.8 Å². The van der Waals surface area contributed by atoms with Crippen molar-refractivity contribution in [3.63, 3.8) is 0 Å². The van der Waals surface area contributed by atoms with Crippen LogP contribution < -0.4 is 15.6 Å². The SMILES string of the molecule is O=C(Cn1c2ccccc2c(=O)c2ccccc21)N/N=C\c1cc(Cl)cc(Cl)c1OCc1ccc(Cl)cc1Cl. The van der Waals surface area contributed by atoms with Crippen molar-refractivity contribution in [2.45, 2.75) is 13.2 Å². The molecular formula is C29H19Cl4N3O3. The van der Waals surface area contributed by atoms with Crippen molar-refractivity contribution < 1.29 is 9.53 Å². The molecule has 0 radical (unpaired) electrons. The van der Waals surface area contributed by atoms with Crippen LogP contribution in [0.25, 0.3) is 21.8 Å². The summed E-state index contributed by atoms with van der Waals surface area (Å²) in [6.07, 6.45) is 1.40. The fourth-order valence-electron chi connectivity index (χ4n) is 4.22. The molecule has 1 heterocycles. The number of fused-ring (bicyclic) bond motifs is 2. The molecule has 0 fully saturated rings. The van der Waals surface area contributed by atoms with Crippen molar-refractivity contribution >= 4 is 80.3 Å². The normalized spacial score (nSPS) is 11.4. The average molecular weight is 599 g/mol. The Morgan fingerprint density at radius 2 is 1.49 bits per heavy atom. The third-order valence-corrected chi connectivity index (χ3v) is 7.08. The minimum absolute atomic E-state index is 0.0621. The number of halogens is 4.